The molecule has 0 N–H and O–H groups in total. The Labute approximate surface area is 193 Å². The van der Waals surface area contributed by atoms with Crippen molar-refractivity contribution in [1.29, 1.82) is 0 Å². The first-order valence-corrected chi connectivity index (χ1v) is 9.27. The Morgan fingerprint density at radius 2 is 0.694 bits per heavy atom. The first kappa shape index (κ1) is 26.5. The summed E-state index contributed by atoms with van der Waals surface area (Å²) in [5, 5.41) is 0. The van der Waals surface area contributed by atoms with E-state index >= 15 is 0 Å². The average molecular weight is 526 g/mol. The van der Waals surface area contributed by atoms with E-state index < -0.39 is 92.7 Å². The number of esters is 2. The smallest absolute Gasteiger partial charge is 0.344 e. The molecule has 0 heterocycles. The van der Waals surface area contributed by atoms with Crippen molar-refractivity contribution in [3.63, 3.8) is 0 Å². The quantitative estimate of drug-likeness (QED) is 0.135. The van der Waals surface area contributed by atoms with Gasteiger partial charge in [-0.15, -0.1) is 0 Å². The molecule has 14 heteroatoms. The molecule has 0 fully saturated rings. The van der Waals surface area contributed by atoms with Gasteiger partial charge in [0.1, 0.15) is 0 Å². The summed E-state index contributed by atoms with van der Waals surface area (Å²) in [6.07, 6.45) is 0. The zero-order valence-electron chi connectivity index (χ0n) is 17.6. The third kappa shape index (κ3) is 4.33. The van der Waals surface area contributed by atoms with Crippen LogP contribution in [0.1, 0.15) is 31.8 Å². The van der Waals surface area contributed by atoms with E-state index in [0.29, 0.717) is 0 Å². The highest BCUT2D eigenvalue weighted by Gasteiger charge is 2.31. The maximum Gasteiger partial charge on any atom is 0.344 e. The Morgan fingerprint density at radius 1 is 0.472 bits per heavy atom. The molecule has 0 aromatic heterocycles. The number of carbonyl (C=O) groups excluding carboxylic acids is 2. The zero-order chi connectivity index (χ0) is 27.2. The summed E-state index contributed by atoms with van der Waals surface area (Å²) in [7, 11) is 0. The molecule has 4 nitrogen and oxygen atoms in total. The van der Waals surface area contributed by atoms with E-state index in [2.05, 4.69) is 9.47 Å². The van der Waals surface area contributed by atoms with Crippen LogP contribution in [0.4, 0.5) is 43.9 Å². The van der Waals surface area contributed by atoms with Gasteiger partial charge in [-0.05, 0) is 37.1 Å². The van der Waals surface area contributed by atoms with E-state index in [4.69, 9.17) is 0 Å². The van der Waals surface area contributed by atoms with Crippen LogP contribution < -0.4 is 9.47 Å². The van der Waals surface area contributed by atoms with Crippen molar-refractivity contribution in [2.75, 3.05) is 0 Å². The van der Waals surface area contributed by atoms with Gasteiger partial charge in [-0.2, -0.15) is 17.6 Å². The van der Waals surface area contributed by atoms with Gasteiger partial charge in [-0.25, -0.2) is 35.9 Å². The minimum atomic E-state index is -2.49. The Morgan fingerprint density at radius 3 is 0.944 bits per heavy atom. The summed E-state index contributed by atoms with van der Waals surface area (Å²) in [5.41, 5.74) is -1.58. The number of hydrogen-bond donors (Lipinski definition) is 0. The lowest BCUT2D eigenvalue weighted by molar-refractivity contribution is 0.0701. The second-order valence-corrected chi connectivity index (χ2v) is 7.06. The van der Waals surface area contributed by atoms with Crippen molar-refractivity contribution < 1.29 is 63.0 Å². The van der Waals surface area contributed by atoms with Crippen molar-refractivity contribution in [2.45, 2.75) is 13.8 Å². The van der Waals surface area contributed by atoms with Crippen LogP contribution in [0.3, 0.4) is 0 Å². The fraction of sp³-hybridized carbons (Fsp3) is 0.0909. The van der Waals surface area contributed by atoms with E-state index in [9.17, 15) is 53.5 Å². The standard InChI is InChI=1S/C22H8F10O4/c1-5-3-8(22(34)36-20-17(31)13(27)10(24)14(28)18(20)32)6(2)4-7(5)21(33)35-19-15(29)11(25)9(23)12(26)16(19)30/h3-4H,1-2H3. The molecule has 0 amide bonds. The summed E-state index contributed by atoms with van der Waals surface area (Å²) in [4.78, 5) is 24.7. The van der Waals surface area contributed by atoms with Gasteiger partial charge in [-0.1, -0.05) is 0 Å². The van der Waals surface area contributed by atoms with Crippen LogP contribution in [-0.4, -0.2) is 11.9 Å². The normalized spacial score (nSPS) is 11.0. The van der Waals surface area contributed by atoms with Crippen LogP contribution in [0.2, 0.25) is 0 Å². The van der Waals surface area contributed by atoms with Gasteiger partial charge in [0.05, 0.1) is 11.1 Å². The van der Waals surface area contributed by atoms with Crippen LogP contribution in [0, 0.1) is 72.0 Å². The van der Waals surface area contributed by atoms with Crippen LogP contribution in [-0.2, 0) is 0 Å². The zero-order valence-corrected chi connectivity index (χ0v) is 17.6. The number of benzene rings is 3. The Hall–Kier alpha value is -4.10. The van der Waals surface area contributed by atoms with E-state index in [1.807, 2.05) is 0 Å². The van der Waals surface area contributed by atoms with Gasteiger partial charge in [-0.3, -0.25) is 0 Å². The van der Waals surface area contributed by atoms with Crippen molar-refractivity contribution in [3.05, 3.63) is 92.6 Å². The van der Waals surface area contributed by atoms with E-state index in [1.165, 1.54) is 0 Å². The van der Waals surface area contributed by atoms with Gasteiger partial charge in [0, 0.05) is 0 Å². The van der Waals surface area contributed by atoms with E-state index in [0.717, 1.165) is 26.0 Å². The molecule has 36 heavy (non-hydrogen) atoms. The van der Waals surface area contributed by atoms with Crippen LogP contribution in [0.25, 0.3) is 0 Å². The highest BCUT2D eigenvalue weighted by atomic mass is 19.2. The van der Waals surface area contributed by atoms with Crippen molar-refractivity contribution in [3.8, 4) is 11.5 Å². The summed E-state index contributed by atoms with van der Waals surface area (Å²) in [6.45, 7) is 2.20. The lowest BCUT2D eigenvalue weighted by Crippen LogP contribution is -2.18. The minimum Gasteiger partial charge on any atom is -0.416 e. The fourth-order valence-corrected chi connectivity index (χ4v) is 2.90. The topological polar surface area (TPSA) is 52.6 Å². The first-order valence-electron chi connectivity index (χ1n) is 9.27. The molecule has 0 unspecified atom stereocenters. The summed E-state index contributed by atoms with van der Waals surface area (Å²) in [6, 6.07) is 1.64. The molecule has 0 radical (unpaired) electrons. The molecular weight excluding hydrogens is 518 g/mol. The molecule has 0 saturated heterocycles. The second-order valence-electron chi connectivity index (χ2n) is 7.06. The molecule has 3 rings (SSSR count). The van der Waals surface area contributed by atoms with E-state index in [-0.39, 0.29) is 11.1 Å². The van der Waals surface area contributed by atoms with Gasteiger partial charge < -0.3 is 9.47 Å². The minimum absolute atomic E-state index is 0.237. The molecule has 0 aliphatic rings. The number of halogens is 10. The predicted octanol–water partition coefficient (Wildman–Crippen LogP) is 6.13. The molecule has 0 aliphatic heterocycles. The maximum atomic E-state index is 13.8. The third-order valence-electron chi connectivity index (χ3n) is 4.74. The molecule has 3 aromatic carbocycles. The third-order valence-corrected chi connectivity index (χ3v) is 4.74. The van der Waals surface area contributed by atoms with Gasteiger partial charge in [0.2, 0.25) is 69.7 Å². The summed E-state index contributed by atoms with van der Waals surface area (Å²) in [5.74, 6) is -31.3. The Balaban J connectivity index is 1.95. The van der Waals surface area contributed by atoms with Crippen molar-refractivity contribution >= 4 is 11.9 Å². The summed E-state index contributed by atoms with van der Waals surface area (Å²) >= 11 is 0. The number of carbonyl (C=O) groups is 2. The Kier molecular flexibility index (Phi) is 7.00. The van der Waals surface area contributed by atoms with Gasteiger partial charge in [0.15, 0.2) is 0 Å². The predicted molar refractivity (Wildman–Crippen MR) is 98.3 cm³/mol. The number of rotatable bonds is 4. The molecule has 0 aliphatic carbocycles. The number of ether oxygens (including phenoxy) is 2. The molecule has 0 spiro atoms. The second kappa shape index (κ2) is 9.51. The van der Waals surface area contributed by atoms with Crippen LogP contribution in [0.5, 0.6) is 11.5 Å². The van der Waals surface area contributed by atoms with E-state index in [1.54, 1.807) is 0 Å². The monoisotopic (exact) mass is 526 g/mol. The van der Waals surface area contributed by atoms with Gasteiger partial charge in [0.25, 0.3) is 0 Å². The van der Waals surface area contributed by atoms with Crippen molar-refractivity contribution in [2.24, 2.45) is 0 Å². The number of hydrogen-bond acceptors (Lipinski definition) is 4. The molecular formula is C22H8F10O4. The average Bonchev–Trinajstić information content (AvgIpc) is 2.85. The molecule has 0 saturated carbocycles. The Bertz CT molecular complexity index is 1280. The lowest BCUT2D eigenvalue weighted by Gasteiger charge is -2.13. The maximum absolute atomic E-state index is 13.8. The van der Waals surface area contributed by atoms with Crippen LogP contribution >= 0.6 is 0 Å². The van der Waals surface area contributed by atoms with Crippen molar-refractivity contribution in [1.82, 2.24) is 0 Å². The molecule has 0 atom stereocenters. The van der Waals surface area contributed by atoms with Gasteiger partial charge >= 0.3 is 11.9 Å². The highest BCUT2D eigenvalue weighted by molar-refractivity contribution is 5.97. The lowest BCUT2D eigenvalue weighted by atomic mass is 10.00. The van der Waals surface area contributed by atoms with Crippen LogP contribution in [0.15, 0.2) is 12.1 Å². The first-order chi connectivity index (χ1) is 16.7. The number of aryl methyl sites for hydroxylation is 2. The summed E-state index contributed by atoms with van der Waals surface area (Å²) < 4.78 is 143. The molecule has 0 bridgehead atoms. The SMILES string of the molecule is Cc1cc(C(=O)Oc2c(F)c(F)c(F)c(F)c2F)c(C)cc1C(=O)Oc1c(F)c(F)c(F)c(F)c1F. The highest BCUT2D eigenvalue weighted by Crippen LogP contribution is 2.32. The largest absolute Gasteiger partial charge is 0.416 e. The molecule has 3 aromatic rings. The fourth-order valence-electron chi connectivity index (χ4n) is 2.90. The molecule has 190 valence electrons.